The lowest BCUT2D eigenvalue weighted by atomic mass is 9.80. The molecular weight excluding hydrogens is 220 g/mol. The van der Waals surface area contributed by atoms with E-state index in [1.54, 1.807) is 0 Å². The predicted octanol–water partition coefficient (Wildman–Crippen LogP) is 3.13. The Morgan fingerprint density at radius 3 is 2.39 bits per heavy atom. The molecule has 18 heavy (non-hydrogen) atoms. The molecule has 106 valence electrons. The molecule has 0 bridgehead atoms. The van der Waals surface area contributed by atoms with E-state index in [1.807, 2.05) is 0 Å². The van der Waals surface area contributed by atoms with Gasteiger partial charge in [0.1, 0.15) is 0 Å². The molecule has 0 radical (unpaired) electrons. The summed E-state index contributed by atoms with van der Waals surface area (Å²) in [5, 5.41) is 3.82. The van der Waals surface area contributed by atoms with Crippen LogP contribution in [0.3, 0.4) is 0 Å². The fraction of sp³-hybridized carbons (Fsp3) is 1.00. The minimum absolute atomic E-state index is 0.475. The fourth-order valence-electron chi connectivity index (χ4n) is 3.38. The van der Waals surface area contributed by atoms with Crippen LogP contribution in [0.15, 0.2) is 0 Å². The van der Waals surface area contributed by atoms with E-state index in [1.165, 1.54) is 51.9 Å². The molecule has 1 aliphatic heterocycles. The van der Waals surface area contributed by atoms with Crippen LogP contribution in [0.2, 0.25) is 0 Å². The lowest BCUT2D eigenvalue weighted by Crippen LogP contribution is -2.50. The zero-order chi connectivity index (χ0) is 13.2. The molecule has 2 aliphatic rings. The highest BCUT2D eigenvalue weighted by Gasteiger charge is 2.30. The lowest BCUT2D eigenvalue weighted by Gasteiger charge is -2.40. The van der Waals surface area contributed by atoms with E-state index in [4.69, 9.17) is 0 Å². The normalized spacial score (nSPS) is 30.7. The molecule has 2 atom stereocenters. The van der Waals surface area contributed by atoms with Gasteiger partial charge in [0.05, 0.1) is 0 Å². The summed E-state index contributed by atoms with van der Waals surface area (Å²) >= 11 is 0. The van der Waals surface area contributed by atoms with Crippen LogP contribution < -0.4 is 5.32 Å². The van der Waals surface area contributed by atoms with Crippen molar-refractivity contribution in [2.75, 3.05) is 26.2 Å². The first-order valence-electron chi connectivity index (χ1n) is 7.92. The van der Waals surface area contributed by atoms with Crippen LogP contribution >= 0.6 is 0 Å². The van der Waals surface area contributed by atoms with Gasteiger partial charge in [0.25, 0.3) is 0 Å². The molecule has 0 aromatic rings. The van der Waals surface area contributed by atoms with Crippen LogP contribution in [-0.2, 0) is 0 Å². The maximum atomic E-state index is 3.82. The van der Waals surface area contributed by atoms with Crippen molar-refractivity contribution in [1.82, 2.24) is 10.2 Å². The van der Waals surface area contributed by atoms with Gasteiger partial charge in [0, 0.05) is 19.1 Å². The van der Waals surface area contributed by atoms with Crippen molar-refractivity contribution < 1.29 is 0 Å². The van der Waals surface area contributed by atoms with E-state index in [9.17, 15) is 0 Å². The topological polar surface area (TPSA) is 15.3 Å². The third-order valence-corrected chi connectivity index (χ3v) is 4.35. The van der Waals surface area contributed by atoms with Crippen molar-refractivity contribution in [1.29, 1.82) is 0 Å². The van der Waals surface area contributed by atoms with Crippen molar-refractivity contribution in [2.45, 2.75) is 59.4 Å². The van der Waals surface area contributed by atoms with Crippen LogP contribution in [0.1, 0.15) is 53.4 Å². The second-order valence-corrected chi connectivity index (χ2v) is 7.77. The molecule has 2 nitrogen and oxygen atoms in total. The summed E-state index contributed by atoms with van der Waals surface area (Å²) in [4.78, 5) is 2.64. The van der Waals surface area contributed by atoms with Gasteiger partial charge < -0.3 is 10.2 Å². The Balaban J connectivity index is 1.82. The second kappa shape index (κ2) is 5.92. The van der Waals surface area contributed by atoms with Crippen LogP contribution in [-0.4, -0.2) is 37.1 Å². The first kappa shape index (κ1) is 14.3. The zero-order valence-corrected chi connectivity index (χ0v) is 12.8. The maximum Gasteiger partial charge on any atom is 0.0198 e. The highest BCUT2D eigenvalue weighted by Crippen LogP contribution is 2.31. The Morgan fingerprint density at radius 2 is 1.83 bits per heavy atom. The fourth-order valence-corrected chi connectivity index (χ4v) is 3.38. The zero-order valence-electron chi connectivity index (χ0n) is 12.8. The molecule has 0 spiro atoms. The minimum atomic E-state index is 0.475. The number of hydrogen-bond acceptors (Lipinski definition) is 2. The number of nitrogens with one attached hydrogen (secondary N) is 1. The van der Waals surface area contributed by atoms with E-state index >= 15 is 0 Å². The van der Waals surface area contributed by atoms with E-state index in [2.05, 4.69) is 37.9 Å². The molecule has 0 amide bonds. The maximum absolute atomic E-state index is 3.82. The molecule has 1 aliphatic carbocycles. The molecule has 1 saturated carbocycles. The number of likely N-dealkylation sites (N-methyl/N-ethyl adjacent to an activating group) is 1. The van der Waals surface area contributed by atoms with Gasteiger partial charge >= 0.3 is 0 Å². The van der Waals surface area contributed by atoms with E-state index in [0.29, 0.717) is 5.41 Å². The van der Waals surface area contributed by atoms with Crippen molar-refractivity contribution in [3.05, 3.63) is 0 Å². The molecule has 1 heterocycles. The third-order valence-electron chi connectivity index (χ3n) is 4.35. The summed E-state index contributed by atoms with van der Waals surface area (Å²) in [6.07, 6.45) is 5.68. The highest BCUT2D eigenvalue weighted by molar-refractivity contribution is 4.87. The number of rotatable bonds is 5. The minimum Gasteiger partial charge on any atom is -0.312 e. The van der Waals surface area contributed by atoms with Gasteiger partial charge in [-0.1, -0.05) is 27.7 Å². The molecule has 1 N–H and O–H groups in total. The average molecular weight is 252 g/mol. The van der Waals surface area contributed by atoms with Crippen LogP contribution in [0.5, 0.6) is 0 Å². The quantitative estimate of drug-likeness (QED) is 0.809. The van der Waals surface area contributed by atoms with Crippen molar-refractivity contribution in [2.24, 2.45) is 17.3 Å². The van der Waals surface area contributed by atoms with Crippen LogP contribution in [0.25, 0.3) is 0 Å². The van der Waals surface area contributed by atoms with Gasteiger partial charge in [0.15, 0.2) is 0 Å². The summed E-state index contributed by atoms with van der Waals surface area (Å²) in [6, 6.07) is 0.742. The van der Waals surface area contributed by atoms with Gasteiger partial charge in [-0.05, 0) is 56.0 Å². The Kier molecular flexibility index (Phi) is 4.71. The van der Waals surface area contributed by atoms with Gasteiger partial charge in [-0.15, -0.1) is 0 Å². The number of likely N-dealkylation sites (tertiary alicyclic amines) is 1. The van der Waals surface area contributed by atoms with E-state index in [0.717, 1.165) is 17.9 Å². The molecule has 0 aromatic carbocycles. The monoisotopic (exact) mass is 252 g/mol. The molecule has 2 fully saturated rings. The number of hydrogen-bond donors (Lipinski definition) is 1. The average Bonchev–Trinajstić information content (AvgIpc) is 3.07. The predicted molar refractivity (Wildman–Crippen MR) is 78.8 cm³/mol. The summed E-state index contributed by atoms with van der Waals surface area (Å²) in [6.45, 7) is 14.5. The summed E-state index contributed by atoms with van der Waals surface area (Å²) < 4.78 is 0. The summed E-state index contributed by atoms with van der Waals surface area (Å²) in [5.41, 5.74) is 0.475. The summed E-state index contributed by atoms with van der Waals surface area (Å²) in [7, 11) is 0. The molecule has 1 saturated heterocycles. The Morgan fingerprint density at radius 1 is 1.11 bits per heavy atom. The van der Waals surface area contributed by atoms with E-state index in [-0.39, 0.29) is 0 Å². The van der Waals surface area contributed by atoms with Gasteiger partial charge in [-0.3, -0.25) is 0 Å². The second-order valence-electron chi connectivity index (χ2n) is 7.77. The van der Waals surface area contributed by atoms with Crippen molar-refractivity contribution >= 4 is 0 Å². The molecule has 2 rings (SSSR count). The Bertz CT molecular complexity index is 252. The Hall–Kier alpha value is -0.0800. The molecular formula is C16H32N2. The van der Waals surface area contributed by atoms with Gasteiger partial charge in [0.2, 0.25) is 0 Å². The highest BCUT2D eigenvalue weighted by atomic mass is 15.2. The SMILES string of the molecule is CCN1CC(CC(C)(C)C)CC(NCC2CC2)C1. The first-order chi connectivity index (χ1) is 8.46. The Labute approximate surface area is 114 Å². The standard InChI is InChI=1S/C16H32N2/c1-5-18-11-14(9-16(2,3)4)8-15(12-18)17-10-13-6-7-13/h13-15,17H,5-12H2,1-4H3. The summed E-state index contributed by atoms with van der Waals surface area (Å²) in [5.74, 6) is 1.89. The first-order valence-corrected chi connectivity index (χ1v) is 7.92. The van der Waals surface area contributed by atoms with Crippen LogP contribution in [0.4, 0.5) is 0 Å². The van der Waals surface area contributed by atoms with E-state index < -0.39 is 0 Å². The lowest BCUT2D eigenvalue weighted by molar-refractivity contribution is 0.118. The molecule has 0 aromatic heterocycles. The smallest absolute Gasteiger partial charge is 0.0198 e. The number of piperidine rings is 1. The van der Waals surface area contributed by atoms with Gasteiger partial charge in [-0.2, -0.15) is 0 Å². The van der Waals surface area contributed by atoms with Crippen molar-refractivity contribution in [3.63, 3.8) is 0 Å². The molecule has 2 heteroatoms. The van der Waals surface area contributed by atoms with Crippen molar-refractivity contribution in [3.8, 4) is 0 Å². The van der Waals surface area contributed by atoms with Crippen LogP contribution in [0, 0.1) is 17.3 Å². The third kappa shape index (κ3) is 4.89. The molecule has 2 unspecified atom stereocenters. The number of nitrogens with zero attached hydrogens (tertiary/aromatic N) is 1. The van der Waals surface area contributed by atoms with Gasteiger partial charge in [-0.25, -0.2) is 0 Å². The largest absolute Gasteiger partial charge is 0.312 e.